The van der Waals surface area contributed by atoms with E-state index in [1.165, 1.54) is 4.57 Å². The van der Waals surface area contributed by atoms with Gasteiger partial charge in [0.2, 0.25) is 0 Å². The Morgan fingerprint density at radius 2 is 2.00 bits per heavy atom. The van der Waals surface area contributed by atoms with E-state index in [4.69, 9.17) is 20.8 Å². The minimum Gasteiger partial charge on any atom is -0.484 e. The molecule has 3 rings (SSSR count). The molecule has 0 aliphatic heterocycles. The molecule has 0 bridgehead atoms. The number of rotatable bonds is 5. The summed E-state index contributed by atoms with van der Waals surface area (Å²) in [7, 11) is 1.64. The molecule has 0 aliphatic carbocycles. The van der Waals surface area contributed by atoms with Gasteiger partial charge in [0.1, 0.15) is 5.75 Å². The Bertz CT molecular complexity index is 928. The van der Waals surface area contributed by atoms with E-state index in [2.05, 4.69) is 5.32 Å². The van der Waals surface area contributed by atoms with Gasteiger partial charge in [-0.2, -0.15) is 0 Å². The van der Waals surface area contributed by atoms with E-state index >= 15 is 0 Å². The van der Waals surface area contributed by atoms with Crippen molar-refractivity contribution < 1.29 is 13.9 Å². The largest absolute Gasteiger partial charge is 0.484 e. The highest BCUT2D eigenvalue weighted by molar-refractivity contribution is 6.30. The smallest absolute Gasteiger partial charge is 0.419 e. The number of hydrogen-bond acceptors (Lipinski definition) is 4. The Morgan fingerprint density at radius 3 is 2.75 bits per heavy atom. The molecule has 0 saturated heterocycles. The fraction of sp³-hybridized carbons (Fsp3) is 0.176. The summed E-state index contributed by atoms with van der Waals surface area (Å²) >= 11 is 5.78. The Kier molecular flexibility index (Phi) is 4.57. The number of oxazole rings is 1. The molecule has 0 spiro atoms. The van der Waals surface area contributed by atoms with Gasteiger partial charge >= 0.3 is 5.76 Å². The van der Waals surface area contributed by atoms with Crippen LogP contribution in [0.1, 0.15) is 5.56 Å². The molecule has 1 amide bonds. The molecule has 0 radical (unpaired) electrons. The number of nitrogens with one attached hydrogen (secondary N) is 1. The molecule has 6 nitrogen and oxygen atoms in total. The van der Waals surface area contributed by atoms with Gasteiger partial charge in [0, 0.05) is 18.6 Å². The third-order valence-electron chi connectivity index (χ3n) is 3.53. The molecular formula is C17H15ClN2O4. The average Bonchev–Trinajstić information content (AvgIpc) is 2.87. The summed E-state index contributed by atoms with van der Waals surface area (Å²) in [6, 6.07) is 12.1. The van der Waals surface area contributed by atoms with Crippen molar-refractivity contribution in [1.29, 1.82) is 0 Å². The van der Waals surface area contributed by atoms with E-state index < -0.39 is 5.76 Å². The van der Waals surface area contributed by atoms with Gasteiger partial charge in [-0.3, -0.25) is 9.36 Å². The van der Waals surface area contributed by atoms with Crippen LogP contribution in [0, 0.1) is 0 Å². The predicted molar refractivity (Wildman–Crippen MR) is 90.2 cm³/mol. The molecule has 24 heavy (non-hydrogen) atoms. The number of amides is 1. The summed E-state index contributed by atoms with van der Waals surface area (Å²) in [5, 5.41) is 3.37. The van der Waals surface area contributed by atoms with Crippen molar-refractivity contribution in [3.05, 3.63) is 63.6 Å². The molecule has 1 heterocycles. The monoisotopic (exact) mass is 346 g/mol. The van der Waals surface area contributed by atoms with Crippen LogP contribution in [0.15, 0.2) is 51.7 Å². The second-order valence-corrected chi connectivity index (χ2v) is 5.68. The van der Waals surface area contributed by atoms with Crippen molar-refractivity contribution in [3.8, 4) is 5.75 Å². The van der Waals surface area contributed by atoms with Crippen LogP contribution in [0.2, 0.25) is 5.02 Å². The van der Waals surface area contributed by atoms with Gasteiger partial charge in [-0.05, 0) is 42.0 Å². The SMILES string of the molecule is Cn1c(=O)oc2ccc(CNC(=O)COc3ccc(Cl)cc3)cc21. The third-order valence-corrected chi connectivity index (χ3v) is 3.78. The lowest BCUT2D eigenvalue weighted by Gasteiger charge is -2.08. The number of fused-ring (bicyclic) bond motifs is 1. The number of carbonyl (C=O) groups excluding carboxylic acids is 1. The summed E-state index contributed by atoms with van der Waals surface area (Å²) in [4.78, 5) is 23.3. The Morgan fingerprint density at radius 1 is 1.25 bits per heavy atom. The number of nitrogens with zero attached hydrogens (tertiary/aromatic N) is 1. The van der Waals surface area contributed by atoms with E-state index in [9.17, 15) is 9.59 Å². The molecule has 124 valence electrons. The van der Waals surface area contributed by atoms with Gasteiger partial charge in [0.15, 0.2) is 12.2 Å². The lowest BCUT2D eigenvalue weighted by Crippen LogP contribution is -2.28. The van der Waals surface area contributed by atoms with Gasteiger partial charge in [-0.25, -0.2) is 4.79 Å². The van der Waals surface area contributed by atoms with Crippen molar-refractivity contribution in [2.24, 2.45) is 7.05 Å². The topological polar surface area (TPSA) is 73.5 Å². The van der Waals surface area contributed by atoms with Crippen LogP contribution < -0.4 is 15.8 Å². The Hall–Kier alpha value is -2.73. The molecule has 0 aliphatic rings. The quantitative estimate of drug-likeness (QED) is 0.770. The lowest BCUT2D eigenvalue weighted by molar-refractivity contribution is -0.123. The van der Waals surface area contributed by atoms with E-state index in [1.54, 1.807) is 49.5 Å². The molecule has 0 atom stereocenters. The molecular weight excluding hydrogens is 332 g/mol. The van der Waals surface area contributed by atoms with Crippen LogP contribution in [-0.2, 0) is 18.4 Å². The molecule has 0 unspecified atom stereocenters. The maximum absolute atomic E-state index is 11.9. The third kappa shape index (κ3) is 3.60. The second-order valence-electron chi connectivity index (χ2n) is 5.25. The maximum atomic E-state index is 11.9. The number of hydrogen-bond donors (Lipinski definition) is 1. The molecule has 7 heteroatoms. The van der Waals surface area contributed by atoms with E-state index in [-0.39, 0.29) is 12.5 Å². The van der Waals surface area contributed by atoms with Gasteiger partial charge in [0.05, 0.1) is 5.52 Å². The van der Waals surface area contributed by atoms with Crippen molar-refractivity contribution >= 4 is 28.6 Å². The first-order chi connectivity index (χ1) is 11.5. The van der Waals surface area contributed by atoms with Crippen LogP contribution in [0.4, 0.5) is 0 Å². The lowest BCUT2D eigenvalue weighted by atomic mass is 10.2. The minimum absolute atomic E-state index is 0.0892. The highest BCUT2D eigenvalue weighted by Crippen LogP contribution is 2.16. The first-order valence-electron chi connectivity index (χ1n) is 7.26. The highest BCUT2D eigenvalue weighted by atomic mass is 35.5. The van der Waals surface area contributed by atoms with Crippen LogP contribution in [0.25, 0.3) is 11.1 Å². The first kappa shape index (κ1) is 16.1. The van der Waals surface area contributed by atoms with Crippen molar-refractivity contribution in [1.82, 2.24) is 9.88 Å². The zero-order valence-electron chi connectivity index (χ0n) is 12.9. The standard InChI is InChI=1S/C17H15ClN2O4/c1-20-14-8-11(2-7-15(14)24-17(20)22)9-19-16(21)10-23-13-5-3-12(18)4-6-13/h2-8H,9-10H2,1H3,(H,19,21). The number of aromatic nitrogens is 1. The van der Waals surface area contributed by atoms with Crippen molar-refractivity contribution in [2.75, 3.05) is 6.61 Å². The molecule has 1 N–H and O–H groups in total. The van der Waals surface area contributed by atoms with Gasteiger partial charge in [0.25, 0.3) is 5.91 Å². The van der Waals surface area contributed by atoms with Crippen molar-refractivity contribution in [2.45, 2.75) is 6.54 Å². The fourth-order valence-electron chi connectivity index (χ4n) is 2.21. The summed E-state index contributed by atoms with van der Waals surface area (Å²) < 4.78 is 11.9. The Labute approximate surface area is 142 Å². The summed E-state index contributed by atoms with van der Waals surface area (Å²) in [6.07, 6.45) is 0. The average molecular weight is 347 g/mol. The normalized spacial score (nSPS) is 10.8. The van der Waals surface area contributed by atoms with E-state index in [0.717, 1.165) is 5.56 Å². The number of ether oxygens (including phenoxy) is 1. The summed E-state index contributed by atoms with van der Waals surface area (Å²) in [5.41, 5.74) is 2.06. The van der Waals surface area contributed by atoms with Crippen LogP contribution >= 0.6 is 11.6 Å². The maximum Gasteiger partial charge on any atom is 0.419 e. The van der Waals surface area contributed by atoms with Crippen LogP contribution in [-0.4, -0.2) is 17.1 Å². The number of aryl methyl sites for hydroxylation is 1. The molecule has 3 aromatic rings. The zero-order valence-corrected chi connectivity index (χ0v) is 13.7. The number of benzene rings is 2. The Balaban J connectivity index is 1.57. The van der Waals surface area contributed by atoms with Gasteiger partial charge in [-0.15, -0.1) is 0 Å². The number of halogens is 1. The summed E-state index contributed by atoms with van der Waals surface area (Å²) in [5.74, 6) is -0.0851. The molecule has 1 aromatic heterocycles. The van der Waals surface area contributed by atoms with E-state index in [0.29, 0.717) is 28.4 Å². The molecule has 0 saturated carbocycles. The van der Waals surface area contributed by atoms with Crippen molar-refractivity contribution in [3.63, 3.8) is 0 Å². The van der Waals surface area contributed by atoms with Crippen LogP contribution in [0.5, 0.6) is 5.75 Å². The summed E-state index contributed by atoms with van der Waals surface area (Å²) in [6.45, 7) is 0.242. The molecule has 0 fully saturated rings. The fourth-order valence-corrected chi connectivity index (χ4v) is 2.34. The predicted octanol–water partition coefficient (Wildman–Crippen LogP) is 2.48. The van der Waals surface area contributed by atoms with E-state index in [1.807, 2.05) is 0 Å². The highest BCUT2D eigenvalue weighted by Gasteiger charge is 2.08. The first-order valence-corrected chi connectivity index (χ1v) is 7.64. The van der Waals surface area contributed by atoms with Gasteiger partial charge in [-0.1, -0.05) is 17.7 Å². The zero-order chi connectivity index (χ0) is 17.1. The van der Waals surface area contributed by atoms with Crippen LogP contribution in [0.3, 0.4) is 0 Å². The van der Waals surface area contributed by atoms with Gasteiger partial charge < -0.3 is 14.5 Å². The minimum atomic E-state index is -0.414. The number of carbonyl (C=O) groups is 1. The molecule has 2 aromatic carbocycles. The second kappa shape index (κ2) is 6.80.